The predicted molar refractivity (Wildman–Crippen MR) is 168 cm³/mol. The minimum atomic E-state index is -0.679. The molecular formula is C38H32IrN2O2-2. The van der Waals surface area contributed by atoms with Crippen LogP contribution in [0.1, 0.15) is 42.8 Å². The van der Waals surface area contributed by atoms with Crippen LogP contribution in [0.5, 0.6) is 0 Å². The van der Waals surface area contributed by atoms with E-state index in [4.69, 9.17) is 20.2 Å². The first-order valence-electron chi connectivity index (χ1n) is 14.3. The van der Waals surface area contributed by atoms with E-state index in [0.717, 1.165) is 39.0 Å². The van der Waals surface area contributed by atoms with Crippen LogP contribution in [0.15, 0.2) is 121 Å². The number of hydrogen-bond donors (Lipinski definition) is 2. The summed E-state index contributed by atoms with van der Waals surface area (Å²) in [6.45, 7) is 3.32. The number of benzene rings is 4. The zero-order valence-electron chi connectivity index (χ0n) is 24.0. The first-order valence-corrected chi connectivity index (χ1v) is 14.3. The summed E-state index contributed by atoms with van der Waals surface area (Å²) in [7, 11) is 0. The van der Waals surface area contributed by atoms with Gasteiger partial charge in [-0.3, -0.25) is 9.97 Å². The maximum absolute atomic E-state index is 8.56. The van der Waals surface area contributed by atoms with Gasteiger partial charge < -0.3 is 10.2 Å². The van der Waals surface area contributed by atoms with Gasteiger partial charge in [-0.2, -0.15) is 24.3 Å². The van der Waals surface area contributed by atoms with Crippen LogP contribution in [0.2, 0.25) is 0 Å². The van der Waals surface area contributed by atoms with Gasteiger partial charge in [0.1, 0.15) is 0 Å². The fourth-order valence-electron chi connectivity index (χ4n) is 6.03. The molecule has 2 N–H and O–H groups in total. The SMILES string of the molecule is CC(O)CC(C)O.[Ir].[c-]1ccccc1-c1nc([C@]2(c3ccccn3)c3[c-]cccc3-c3ccccc32)cc2ccccc12. The molecule has 4 aromatic carbocycles. The van der Waals surface area contributed by atoms with Crippen LogP contribution in [-0.4, -0.2) is 32.4 Å². The summed E-state index contributed by atoms with van der Waals surface area (Å²) >= 11 is 0. The second kappa shape index (κ2) is 13.1. The predicted octanol–water partition coefficient (Wildman–Crippen LogP) is 7.40. The Morgan fingerprint density at radius 1 is 0.721 bits per heavy atom. The Morgan fingerprint density at radius 3 is 2.14 bits per heavy atom. The van der Waals surface area contributed by atoms with Gasteiger partial charge in [0.05, 0.1) is 23.3 Å². The van der Waals surface area contributed by atoms with E-state index in [-0.39, 0.29) is 32.3 Å². The number of fused-ring (bicyclic) bond motifs is 4. The molecule has 5 heteroatoms. The number of aliphatic hydroxyl groups excluding tert-OH is 2. The quantitative estimate of drug-likeness (QED) is 0.181. The molecule has 0 saturated heterocycles. The van der Waals surface area contributed by atoms with Crippen molar-refractivity contribution in [3.8, 4) is 22.4 Å². The standard InChI is InChI=1S/C33H20N2.C5H12O2.Ir/c1-2-12-23(13-3-1)32-25-15-5-4-14-24(25)22-31(35-32)33(30-20-10-11-21-34-30)28-18-8-6-16-26(28)27-17-7-9-19-29(27)33;1-4(6)3-5(2)7;/h1-12,14-18,20-22H;4-7H,3H2,1-2H3;/q-2;;/t33-;;/m0../s1. The molecule has 0 saturated carbocycles. The monoisotopic (exact) mass is 741 g/mol. The number of pyridine rings is 2. The minimum absolute atomic E-state index is 0. The summed E-state index contributed by atoms with van der Waals surface area (Å²) in [6.07, 6.45) is 1.59. The van der Waals surface area contributed by atoms with Gasteiger partial charge in [0, 0.05) is 32.0 Å². The van der Waals surface area contributed by atoms with E-state index in [1.54, 1.807) is 13.8 Å². The van der Waals surface area contributed by atoms with E-state index < -0.39 is 5.41 Å². The third-order valence-electron chi connectivity index (χ3n) is 7.67. The Kier molecular flexibility index (Phi) is 9.29. The minimum Gasteiger partial charge on any atom is -0.393 e. The Hall–Kier alpha value is -3.99. The van der Waals surface area contributed by atoms with Crippen molar-refractivity contribution in [3.63, 3.8) is 0 Å². The zero-order valence-corrected chi connectivity index (χ0v) is 26.4. The van der Waals surface area contributed by atoms with Gasteiger partial charge in [-0.1, -0.05) is 60.2 Å². The molecule has 1 aliphatic carbocycles. The zero-order chi connectivity index (χ0) is 29.1. The van der Waals surface area contributed by atoms with Gasteiger partial charge in [0.15, 0.2) is 0 Å². The number of rotatable bonds is 5. The molecule has 0 spiro atoms. The Balaban J connectivity index is 0.000000415. The first-order chi connectivity index (χ1) is 20.5. The molecule has 0 bridgehead atoms. The maximum atomic E-state index is 8.56. The van der Waals surface area contributed by atoms with E-state index in [9.17, 15) is 0 Å². The number of aliphatic hydroxyl groups is 2. The average Bonchev–Trinajstić information content (AvgIpc) is 3.32. The second-order valence-electron chi connectivity index (χ2n) is 10.8. The van der Waals surface area contributed by atoms with Crippen LogP contribution in [0.3, 0.4) is 0 Å². The topological polar surface area (TPSA) is 66.2 Å². The smallest absolute Gasteiger partial charge is 0.0814 e. The summed E-state index contributed by atoms with van der Waals surface area (Å²) < 4.78 is 0. The normalized spacial score (nSPS) is 16.2. The van der Waals surface area contributed by atoms with E-state index in [0.29, 0.717) is 6.42 Å². The van der Waals surface area contributed by atoms with Crippen molar-refractivity contribution in [3.05, 3.63) is 156 Å². The molecule has 7 rings (SSSR count). The average molecular weight is 741 g/mol. The van der Waals surface area contributed by atoms with Crippen molar-refractivity contribution >= 4 is 10.8 Å². The fourth-order valence-corrected chi connectivity index (χ4v) is 6.03. The maximum Gasteiger partial charge on any atom is 0.0814 e. The molecule has 2 unspecified atom stereocenters. The van der Waals surface area contributed by atoms with Gasteiger partial charge >= 0.3 is 0 Å². The van der Waals surface area contributed by atoms with Gasteiger partial charge in [-0.15, -0.1) is 47.0 Å². The van der Waals surface area contributed by atoms with Crippen LogP contribution in [0.4, 0.5) is 0 Å². The summed E-state index contributed by atoms with van der Waals surface area (Å²) in [6, 6.07) is 46.7. The Morgan fingerprint density at radius 2 is 1.42 bits per heavy atom. The number of aromatic nitrogens is 2. The molecule has 2 aromatic heterocycles. The van der Waals surface area contributed by atoms with Crippen molar-refractivity contribution in [1.29, 1.82) is 0 Å². The van der Waals surface area contributed by atoms with Gasteiger partial charge in [0.2, 0.25) is 0 Å². The molecule has 4 nitrogen and oxygen atoms in total. The summed E-state index contributed by atoms with van der Waals surface area (Å²) in [5, 5.41) is 19.4. The second-order valence-corrected chi connectivity index (χ2v) is 10.8. The van der Waals surface area contributed by atoms with Crippen molar-refractivity contribution in [2.75, 3.05) is 0 Å². The van der Waals surface area contributed by atoms with E-state index in [1.165, 1.54) is 16.7 Å². The fraction of sp³-hybridized carbons (Fsp3) is 0.158. The third kappa shape index (κ3) is 5.70. The van der Waals surface area contributed by atoms with E-state index in [2.05, 4.69) is 97.1 Å². The van der Waals surface area contributed by atoms with Crippen molar-refractivity contribution < 1.29 is 30.3 Å². The van der Waals surface area contributed by atoms with Crippen LogP contribution in [-0.2, 0) is 25.5 Å². The first kappa shape index (κ1) is 30.5. The molecule has 0 aliphatic heterocycles. The van der Waals surface area contributed by atoms with E-state index >= 15 is 0 Å². The Labute approximate surface area is 266 Å². The van der Waals surface area contributed by atoms with Crippen molar-refractivity contribution in [1.82, 2.24) is 9.97 Å². The van der Waals surface area contributed by atoms with Gasteiger partial charge in [-0.05, 0) is 60.5 Å². The summed E-state index contributed by atoms with van der Waals surface area (Å²) in [4.78, 5) is 10.3. The molecular weight excluding hydrogens is 709 g/mol. The summed E-state index contributed by atoms with van der Waals surface area (Å²) in [5.41, 5.74) is 7.76. The van der Waals surface area contributed by atoms with Crippen molar-refractivity contribution in [2.45, 2.75) is 37.9 Å². The van der Waals surface area contributed by atoms with Gasteiger partial charge in [0.25, 0.3) is 0 Å². The van der Waals surface area contributed by atoms with Gasteiger partial charge in [-0.25, -0.2) is 0 Å². The Bertz CT molecular complexity index is 1770. The van der Waals surface area contributed by atoms with E-state index in [1.807, 2.05) is 36.5 Å². The molecule has 1 aliphatic rings. The number of hydrogen-bond acceptors (Lipinski definition) is 4. The van der Waals surface area contributed by atoms with Crippen molar-refractivity contribution in [2.24, 2.45) is 0 Å². The molecule has 0 fully saturated rings. The van der Waals surface area contributed by atoms with Crippen LogP contribution in [0, 0.1) is 12.1 Å². The number of nitrogens with zero attached hydrogens (tertiary/aromatic N) is 2. The largest absolute Gasteiger partial charge is 0.393 e. The van der Waals surface area contributed by atoms with Crippen LogP contribution < -0.4 is 0 Å². The molecule has 2 heterocycles. The molecule has 0 amide bonds. The molecule has 3 atom stereocenters. The van der Waals surface area contributed by atoms with Crippen LogP contribution in [0.25, 0.3) is 33.2 Å². The molecule has 1 radical (unpaired) electrons. The van der Waals surface area contributed by atoms with Crippen LogP contribution >= 0.6 is 0 Å². The molecule has 43 heavy (non-hydrogen) atoms. The molecule has 6 aromatic rings. The summed E-state index contributed by atoms with van der Waals surface area (Å²) in [5.74, 6) is 0. The third-order valence-corrected chi connectivity index (χ3v) is 7.67. The molecule has 217 valence electrons.